The van der Waals surface area contributed by atoms with E-state index in [9.17, 15) is 4.79 Å². The van der Waals surface area contributed by atoms with E-state index in [4.69, 9.17) is 0 Å². The van der Waals surface area contributed by atoms with Crippen LogP contribution in [0.25, 0.3) is 0 Å². The molecule has 2 heterocycles. The second-order valence-corrected chi connectivity index (χ2v) is 6.46. The van der Waals surface area contributed by atoms with Crippen molar-refractivity contribution in [2.45, 2.75) is 46.0 Å². The molecule has 0 spiro atoms. The highest BCUT2D eigenvalue weighted by atomic mass is 79.9. The van der Waals surface area contributed by atoms with E-state index in [0.29, 0.717) is 12.2 Å². The van der Waals surface area contributed by atoms with Crippen LogP contribution in [-0.2, 0) is 24.7 Å². The third-order valence-corrected chi connectivity index (χ3v) is 5.58. The maximum absolute atomic E-state index is 12.8. The molecule has 0 radical (unpaired) electrons. The topological polar surface area (TPSA) is 46.9 Å². The van der Waals surface area contributed by atoms with Gasteiger partial charge in [0.1, 0.15) is 5.78 Å². The molecule has 0 aliphatic carbocycles. The molecule has 0 unspecified atom stereocenters. The standard InChI is InChI=1S/C15H24BrN3O/c1-4-11-14(16)12(19(3)18-11)10-13(20)15(5-2)6-8-17-9-7-15/h17H,4-10H2,1-3H3. The zero-order valence-electron chi connectivity index (χ0n) is 12.6. The Hall–Kier alpha value is -0.680. The van der Waals surface area contributed by atoms with Gasteiger partial charge in [0.2, 0.25) is 0 Å². The lowest BCUT2D eigenvalue weighted by molar-refractivity contribution is -0.130. The Morgan fingerprint density at radius 2 is 2.05 bits per heavy atom. The van der Waals surface area contributed by atoms with E-state index in [0.717, 1.165) is 54.6 Å². The number of hydrogen-bond donors (Lipinski definition) is 1. The molecule has 20 heavy (non-hydrogen) atoms. The number of aryl methyl sites for hydroxylation is 2. The van der Waals surface area contributed by atoms with Gasteiger partial charge in [0, 0.05) is 12.5 Å². The number of carbonyl (C=O) groups is 1. The lowest BCUT2D eigenvalue weighted by Crippen LogP contribution is -2.42. The smallest absolute Gasteiger partial charge is 0.145 e. The molecule has 1 N–H and O–H groups in total. The molecule has 5 heteroatoms. The first-order valence-corrected chi connectivity index (χ1v) is 8.27. The number of aromatic nitrogens is 2. The number of ketones is 1. The summed E-state index contributed by atoms with van der Waals surface area (Å²) in [4.78, 5) is 12.8. The molecular weight excluding hydrogens is 318 g/mol. The van der Waals surface area contributed by atoms with Crippen molar-refractivity contribution >= 4 is 21.7 Å². The van der Waals surface area contributed by atoms with Crippen molar-refractivity contribution in [1.29, 1.82) is 0 Å². The van der Waals surface area contributed by atoms with Crippen LogP contribution in [0.3, 0.4) is 0 Å². The fourth-order valence-corrected chi connectivity index (χ4v) is 3.84. The van der Waals surface area contributed by atoms with Gasteiger partial charge >= 0.3 is 0 Å². The van der Waals surface area contributed by atoms with Gasteiger partial charge in [-0.25, -0.2) is 0 Å². The van der Waals surface area contributed by atoms with Crippen molar-refractivity contribution in [1.82, 2.24) is 15.1 Å². The SMILES string of the molecule is CCc1nn(C)c(CC(=O)C2(CC)CCNCC2)c1Br. The number of carbonyl (C=O) groups excluding carboxylic acids is 1. The van der Waals surface area contributed by atoms with Gasteiger partial charge in [-0.2, -0.15) is 5.10 Å². The minimum Gasteiger partial charge on any atom is -0.317 e. The molecule has 0 bridgehead atoms. The van der Waals surface area contributed by atoms with Crippen LogP contribution in [0.4, 0.5) is 0 Å². The van der Waals surface area contributed by atoms with Gasteiger partial charge in [-0.15, -0.1) is 0 Å². The van der Waals surface area contributed by atoms with E-state index in [-0.39, 0.29) is 5.41 Å². The molecule has 1 saturated heterocycles. The van der Waals surface area contributed by atoms with Gasteiger partial charge in [-0.1, -0.05) is 13.8 Å². The van der Waals surface area contributed by atoms with E-state index in [1.165, 1.54) is 0 Å². The van der Waals surface area contributed by atoms with Gasteiger partial charge < -0.3 is 5.32 Å². The first-order chi connectivity index (χ1) is 9.54. The molecule has 0 saturated carbocycles. The van der Waals surface area contributed by atoms with E-state index in [2.05, 4.69) is 40.2 Å². The van der Waals surface area contributed by atoms with Crippen molar-refractivity contribution in [2.75, 3.05) is 13.1 Å². The van der Waals surface area contributed by atoms with Crippen molar-refractivity contribution in [2.24, 2.45) is 12.5 Å². The number of hydrogen-bond acceptors (Lipinski definition) is 3. The van der Waals surface area contributed by atoms with Crippen LogP contribution >= 0.6 is 15.9 Å². The Kier molecular flexibility index (Phi) is 5.02. The monoisotopic (exact) mass is 341 g/mol. The third-order valence-electron chi connectivity index (χ3n) is 4.66. The number of rotatable bonds is 5. The van der Waals surface area contributed by atoms with Crippen LogP contribution in [0, 0.1) is 5.41 Å². The molecular formula is C15H24BrN3O. The number of nitrogens with one attached hydrogen (secondary N) is 1. The number of halogens is 1. The molecule has 1 aliphatic rings. The van der Waals surface area contributed by atoms with Gasteiger partial charge in [-0.3, -0.25) is 9.48 Å². The first-order valence-electron chi connectivity index (χ1n) is 7.48. The second kappa shape index (κ2) is 6.39. The van der Waals surface area contributed by atoms with Gasteiger partial charge in [0.15, 0.2) is 0 Å². The molecule has 1 aromatic rings. The van der Waals surface area contributed by atoms with Crippen molar-refractivity contribution in [3.63, 3.8) is 0 Å². The predicted molar refractivity (Wildman–Crippen MR) is 83.8 cm³/mol. The normalized spacial score (nSPS) is 18.2. The summed E-state index contributed by atoms with van der Waals surface area (Å²) >= 11 is 3.61. The Balaban J connectivity index is 2.20. The second-order valence-electron chi connectivity index (χ2n) is 5.67. The summed E-state index contributed by atoms with van der Waals surface area (Å²) in [5.41, 5.74) is 1.91. The van der Waals surface area contributed by atoms with Crippen LogP contribution in [0.5, 0.6) is 0 Å². The van der Waals surface area contributed by atoms with Crippen LogP contribution < -0.4 is 5.32 Å². The van der Waals surface area contributed by atoms with Crippen LogP contribution in [0.1, 0.15) is 44.5 Å². The number of nitrogens with zero attached hydrogens (tertiary/aromatic N) is 2. The predicted octanol–water partition coefficient (Wildman–Crippen LogP) is 2.64. The van der Waals surface area contributed by atoms with Crippen molar-refractivity contribution in [3.8, 4) is 0 Å². The average Bonchev–Trinajstić information content (AvgIpc) is 2.75. The summed E-state index contributed by atoms with van der Waals surface area (Å²) in [6.07, 6.45) is 4.21. The molecule has 1 aromatic heterocycles. The Bertz CT molecular complexity index is 490. The highest BCUT2D eigenvalue weighted by Gasteiger charge is 2.37. The molecule has 2 rings (SSSR count). The highest BCUT2D eigenvalue weighted by molar-refractivity contribution is 9.10. The largest absolute Gasteiger partial charge is 0.317 e. The van der Waals surface area contributed by atoms with Crippen molar-refractivity contribution < 1.29 is 4.79 Å². The molecule has 0 atom stereocenters. The Morgan fingerprint density at radius 3 is 2.55 bits per heavy atom. The average molecular weight is 342 g/mol. The van der Waals surface area contributed by atoms with Crippen LogP contribution in [-0.4, -0.2) is 28.7 Å². The highest BCUT2D eigenvalue weighted by Crippen LogP contribution is 2.35. The summed E-state index contributed by atoms with van der Waals surface area (Å²) in [5.74, 6) is 0.368. The summed E-state index contributed by atoms with van der Waals surface area (Å²) < 4.78 is 2.86. The van der Waals surface area contributed by atoms with E-state index in [1.54, 1.807) is 0 Å². The first kappa shape index (κ1) is 15.7. The van der Waals surface area contributed by atoms with E-state index >= 15 is 0 Å². The van der Waals surface area contributed by atoms with Crippen LogP contribution in [0.2, 0.25) is 0 Å². The van der Waals surface area contributed by atoms with E-state index < -0.39 is 0 Å². The molecule has 0 amide bonds. The maximum Gasteiger partial charge on any atom is 0.145 e. The fraction of sp³-hybridized carbons (Fsp3) is 0.733. The summed E-state index contributed by atoms with van der Waals surface area (Å²) in [5, 5.41) is 7.83. The van der Waals surface area contributed by atoms with Crippen LogP contribution in [0.15, 0.2) is 4.47 Å². The molecule has 112 valence electrons. The Morgan fingerprint density at radius 1 is 1.40 bits per heavy atom. The molecule has 1 fully saturated rings. The minimum atomic E-state index is -0.138. The lowest BCUT2D eigenvalue weighted by Gasteiger charge is -2.35. The summed E-state index contributed by atoms with van der Waals surface area (Å²) in [6, 6.07) is 0. The fourth-order valence-electron chi connectivity index (χ4n) is 3.09. The van der Waals surface area contributed by atoms with Gasteiger partial charge in [0.05, 0.1) is 22.3 Å². The third kappa shape index (κ3) is 2.84. The van der Waals surface area contributed by atoms with Gasteiger partial charge in [0.25, 0.3) is 0 Å². The summed E-state index contributed by atoms with van der Waals surface area (Å²) in [6.45, 7) is 6.12. The van der Waals surface area contributed by atoms with Gasteiger partial charge in [-0.05, 0) is 54.7 Å². The number of piperidine rings is 1. The molecule has 1 aliphatic heterocycles. The number of Topliss-reactive ketones (excluding diaryl/α,β-unsaturated/α-hetero) is 1. The minimum absolute atomic E-state index is 0.138. The quantitative estimate of drug-likeness (QED) is 0.895. The summed E-state index contributed by atoms with van der Waals surface area (Å²) in [7, 11) is 1.92. The molecule has 4 nitrogen and oxygen atoms in total. The zero-order valence-corrected chi connectivity index (χ0v) is 14.2. The molecule has 0 aromatic carbocycles. The van der Waals surface area contributed by atoms with E-state index in [1.807, 2.05) is 11.7 Å². The Labute approximate surface area is 129 Å². The van der Waals surface area contributed by atoms with Crippen molar-refractivity contribution in [3.05, 3.63) is 15.9 Å². The lowest BCUT2D eigenvalue weighted by atomic mass is 9.72. The maximum atomic E-state index is 12.8. The zero-order chi connectivity index (χ0) is 14.8.